The van der Waals surface area contributed by atoms with E-state index < -0.39 is 0 Å². The number of aliphatic hydroxyl groups is 1. The Morgan fingerprint density at radius 3 is 3.16 bits per heavy atom. The Bertz CT molecular complexity index is 342. The topological polar surface area (TPSA) is 35.5 Å². The highest BCUT2D eigenvalue weighted by molar-refractivity contribution is 7.10. The Morgan fingerprint density at radius 1 is 1.53 bits per heavy atom. The molecule has 3 nitrogen and oxygen atoms in total. The Hall–Kier alpha value is -0.420. The van der Waals surface area contributed by atoms with E-state index in [9.17, 15) is 5.11 Å². The molecule has 2 rings (SSSR count). The van der Waals surface area contributed by atoms with Gasteiger partial charge in [0.05, 0.1) is 0 Å². The molecule has 1 aromatic heterocycles. The molecule has 0 aliphatic carbocycles. The lowest BCUT2D eigenvalue weighted by Gasteiger charge is -2.33. The predicted octanol–water partition coefficient (Wildman–Crippen LogP) is 2.64. The van der Waals surface area contributed by atoms with E-state index in [1.165, 1.54) is 38.8 Å². The van der Waals surface area contributed by atoms with Gasteiger partial charge in [0.25, 0.3) is 0 Å². The van der Waals surface area contributed by atoms with Gasteiger partial charge >= 0.3 is 0 Å². The van der Waals surface area contributed by atoms with Crippen LogP contribution in [0, 0.1) is 0 Å². The van der Waals surface area contributed by atoms with Gasteiger partial charge in [0.1, 0.15) is 6.10 Å². The summed E-state index contributed by atoms with van der Waals surface area (Å²) in [6, 6.07) is 4.73. The normalized spacial score (nSPS) is 22.5. The van der Waals surface area contributed by atoms with Crippen molar-refractivity contribution in [3.05, 3.63) is 22.4 Å². The molecule has 1 fully saturated rings. The Morgan fingerprint density at radius 2 is 2.42 bits per heavy atom. The third-order valence-electron chi connectivity index (χ3n) is 3.95. The van der Waals surface area contributed by atoms with Crippen molar-refractivity contribution < 1.29 is 5.11 Å². The third kappa shape index (κ3) is 4.88. The smallest absolute Gasteiger partial charge is 0.101 e. The lowest BCUT2D eigenvalue weighted by molar-refractivity contribution is 0.155. The number of piperidine rings is 1. The molecule has 19 heavy (non-hydrogen) atoms. The largest absolute Gasteiger partial charge is 0.386 e. The Labute approximate surface area is 120 Å². The molecule has 0 saturated carbocycles. The maximum Gasteiger partial charge on any atom is 0.101 e. The van der Waals surface area contributed by atoms with Crippen molar-refractivity contribution in [3.63, 3.8) is 0 Å². The van der Waals surface area contributed by atoms with E-state index in [1.807, 2.05) is 17.5 Å². The fourth-order valence-corrected chi connectivity index (χ4v) is 3.43. The third-order valence-corrected chi connectivity index (χ3v) is 4.92. The van der Waals surface area contributed by atoms with Crippen molar-refractivity contribution >= 4 is 11.3 Å². The van der Waals surface area contributed by atoms with Crippen LogP contribution < -0.4 is 5.32 Å². The van der Waals surface area contributed by atoms with Crippen molar-refractivity contribution in [1.29, 1.82) is 0 Å². The lowest BCUT2D eigenvalue weighted by atomic mass is 10.0. The molecule has 2 heterocycles. The van der Waals surface area contributed by atoms with Crippen LogP contribution in [0.3, 0.4) is 0 Å². The first-order valence-corrected chi connectivity index (χ1v) is 8.31. The van der Waals surface area contributed by atoms with Gasteiger partial charge in [0.15, 0.2) is 0 Å². The second kappa shape index (κ2) is 8.00. The van der Waals surface area contributed by atoms with Gasteiger partial charge in [-0.25, -0.2) is 0 Å². The number of aliphatic hydroxyl groups excluding tert-OH is 1. The van der Waals surface area contributed by atoms with Gasteiger partial charge in [0, 0.05) is 17.5 Å². The van der Waals surface area contributed by atoms with E-state index in [4.69, 9.17) is 0 Å². The molecule has 2 N–H and O–H groups in total. The maximum absolute atomic E-state index is 9.94. The monoisotopic (exact) mass is 282 g/mol. The average Bonchev–Trinajstić information content (AvgIpc) is 2.94. The van der Waals surface area contributed by atoms with E-state index >= 15 is 0 Å². The number of thiophene rings is 1. The molecule has 2 atom stereocenters. The number of nitrogens with zero attached hydrogens (tertiary/aromatic N) is 1. The number of hydrogen-bond acceptors (Lipinski definition) is 4. The van der Waals surface area contributed by atoms with Crippen molar-refractivity contribution in [2.45, 2.75) is 44.8 Å². The molecule has 108 valence electrons. The number of likely N-dealkylation sites (tertiary alicyclic amines) is 1. The second-order valence-electron chi connectivity index (χ2n) is 5.47. The van der Waals surface area contributed by atoms with Crippen LogP contribution in [-0.4, -0.2) is 42.2 Å². The van der Waals surface area contributed by atoms with Crippen LogP contribution in [0.15, 0.2) is 17.5 Å². The lowest BCUT2D eigenvalue weighted by Crippen LogP contribution is -2.39. The van der Waals surface area contributed by atoms with Crippen LogP contribution in [0.4, 0.5) is 0 Å². The summed E-state index contributed by atoms with van der Waals surface area (Å²) in [6.07, 6.45) is 4.91. The van der Waals surface area contributed by atoms with Gasteiger partial charge in [0.2, 0.25) is 0 Å². The van der Waals surface area contributed by atoms with Gasteiger partial charge in [-0.05, 0) is 57.3 Å². The van der Waals surface area contributed by atoms with E-state index in [0.717, 1.165) is 17.5 Å². The SMILES string of the molecule is CC1CCCCN1CCCNCC(O)c1cccs1. The fraction of sp³-hybridized carbons (Fsp3) is 0.733. The number of hydrogen-bond donors (Lipinski definition) is 2. The molecule has 1 aliphatic rings. The van der Waals surface area contributed by atoms with E-state index in [-0.39, 0.29) is 6.10 Å². The van der Waals surface area contributed by atoms with Crippen LogP contribution in [0.2, 0.25) is 0 Å². The number of nitrogens with one attached hydrogen (secondary N) is 1. The summed E-state index contributed by atoms with van der Waals surface area (Å²) in [6.45, 7) is 6.44. The van der Waals surface area contributed by atoms with Crippen LogP contribution in [0.5, 0.6) is 0 Å². The zero-order valence-electron chi connectivity index (χ0n) is 11.8. The molecule has 0 radical (unpaired) electrons. The average molecular weight is 282 g/mol. The minimum absolute atomic E-state index is 0.353. The van der Waals surface area contributed by atoms with Crippen molar-refractivity contribution in [1.82, 2.24) is 10.2 Å². The van der Waals surface area contributed by atoms with E-state index in [0.29, 0.717) is 6.54 Å². The first-order chi connectivity index (χ1) is 9.27. The van der Waals surface area contributed by atoms with Gasteiger partial charge in [-0.3, -0.25) is 0 Å². The van der Waals surface area contributed by atoms with E-state index in [1.54, 1.807) is 11.3 Å². The number of rotatable bonds is 7. The molecular formula is C15H26N2OS. The molecule has 0 spiro atoms. The van der Waals surface area contributed by atoms with Crippen LogP contribution in [0.25, 0.3) is 0 Å². The molecule has 4 heteroatoms. The highest BCUT2D eigenvalue weighted by atomic mass is 32.1. The standard InChI is InChI=1S/C15H26N2OS/c1-13-6-2-3-9-17(13)10-5-8-16-12-14(18)15-7-4-11-19-15/h4,7,11,13-14,16,18H,2-3,5-6,8-10,12H2,1H3. The summed E-state index contributed by atoms with van der Waals surface area (Å²) >= 11 is 1.62. The molecule has 1 aromatic rings. The highest BCUT2D eigenvalue weighted by Gasteiger charge is 2.17. The molecular weight excluding hydrogens is 256 g/mol. The summed E-state index contributed by atoms with van der Waals surface area (Å²) in [4.78, 5) is 3.65. The van der Waals surface area contributed by atoms with Crippen molar-refractivity contribution in [2.75, 3.05) is 26.2 Å². The predicted molar refractivity (Wildman–Crippen MR) is 81.7 cm³/mol. The molecule has 2 unspecified atom stereocenters. The van der Waals surface area contributed by atoms with Gasteiger partial charge in [-0.1, -0.05) is 12.5 Å². The zero-order chi connectivity index (χ0) is 13.5. The van der Waals surface area contributed by atoms with Gasteiger partial charge < -0.3 is 15.3 Å². The maximum atomic E-state index is 9.94. The Balaban J connectivity index is 1.54. The summed E-state index contributed by atoms with van der Waals surface area (Å²) in [7, 11) is 0. The molecule has 1 aliphatic heterocycles. The molecule has 0 amide bonds. The summed E-state index contributed by atoms with van der Waals surface area (Å²) in [5.41, 5.74) is 0. The van der Waals surface area contributed by atoms with E-state index in [2.05, 4.69) is 17.1 Å². The molecule has 1 saturated heterocycles. The first-order valence-electron chi connectivity index (χ1n) is 7.43. The van der Waals surface area contributed by atoms with Crippen molar-refractivity contribution in [3.8, 4) is 0 Å². The van der Waals surface area contributed by atoms with Gasteiger partial charge in [-0.2, -0.15) is 0 Å². The fourth-order valence-electron chi connectivity index (χ4n) is 2.72. The zero-order valence-corrected chi connectivity index (χ0v) is 12.7. The summed E-state index contributed by atoms with van der Waals surface area (Å²) in [5, 5.41) is 15.3. The summed E-state index contributed by atoms with van der Waals surface area (Å²) < 4.78 is 0. The quantitative estimate of drug-likeness (QED) is 0.755. The minimum Gasteiger partial charge on any atom is -0.386 e. The molecule has 0 aromatic carbocycles. The second-order valence-corrected chi connectivity index (χ2v) is 6.45. The summed E-state index contributed by atoms with van der Waals surface area (Å²) in [5.74, 6) is 0. The van der Waals surface area contributed by atoms with Crippen LogP contribution in [-0.2, 0) is 0 Å². The first kappa shape index (κ1) is 15.0. The van der Waals surface area contributed by atoms with Gasteiger partial charge in [-0.15, -0.1) is 11.3 Å². The van der Waals surface area contributed by atoms with Crippen LogP contribution in [0.1, 0.15) is 43.6 Å². The van der Waals surface area contributed by atoms with Crippen molar-refractivity contribution in [2.24, 2.45) is 0 Å². The van der Waals surface area contributed by atoms with Crippen LogP contribution >= 0.6 is 11.3 Å². The highest BCUT2D eigenvalue weighted by Crippen LogP contribution is 2.18. The minimum atomic E-state index is -0.353. The molecule has 0 bridgehead atoms. The Kier molecular flexibility index (Phi) is 6.31.